The van der Waals surface area contributed by atoms with E-state index in [2.05, 4.69) is 10.1 Å². The van der Waals surface area contributed by atoms with Crippen molar-refractivity contribution in [2.75, 3.05) is 20.3 Å². The van der Waals surface area contributed by atoms with Crippen molar-refractivity contribution in [2.45, 2.75) is 13.5 Å². The van der Waals surface area contributed by atoms with Crippen molar-refractivity contribution >= 4 is 52.3 Å². The topological polar surface area (TPSA) is 137 Å². The Hall–Kier alpha value is -3.68. The van der Waals surface area contributed by atoms with Crippen molar-refractivity contribution in [3.8, 4) is 11.5 Å². The standard InChI is InChI=1S/C22H20IN3O8/c1-3-33-18-10-14(9-17-21(28)25(22(29)24-17)11-19(27)32-2)8-16(23)20(18)34-12-13-5-4-6-15(7-13)26(30)31/h4-10H,3,11-12H2,1-2H3,(H,24,29)/b17-9+. The minimum absolute atomic E-state index is 0.00239. The molecule has 0 unspecified atom stereocenters. The van der Waals surface area contributed by atoms with Gasteiger partial charge < -0.3 is 19.5 Å². The van der Waals surface area contributed by atoms with Gasteiger partial charge >= 0.3 is 12.0 Å². The van der Waals surface area contributed by atoms with Gasteiger partial charge in [0.25, 0.3) is 11.6 Å². The van der Waals surface area contributed by atoms with Crippen LogP contribution in [0.5, 0.6) is 11.5 Å². The van der Waals surface area contributed by atoms with Gasteiger partial charge in [-0.05, 0) is 58.9 Å². The molecule has 2 aromatic rings. The molecule has 11 nitrogen and oxygen atoms in total. The summed E-state index contributed by atoms with van der Waals surface area (Å²) in [5.41, 5.74) is 1.13. The highest BCUT2D eigenvalue weighted by Gasteiger charge is 2.35. The van der Waals surface area contributed by atoms with E-state index in [0.717, 1.165) is 12.0 Å². The number of nitro benzene ring substituents is 1. The lowest BCUT2D eigenvalue weighted by molar-refractivity contribution is -0.384. The summed E-state index contributed by atoms with van der Waals surface area (Å²) in [5, 5.41) is 13.4. The minimum Gasteiger partial charge on any atom is -0.490 e. The smallest absolute Gasteiger partial charge is 0.329 e. The number of carbonyl (C=O) groups is 3. The second kappa shape index (κ2) is 11.0. The number of nitrogens with one attached hydrogen (secondary N) is 1. The largest absolute Gasteiger partial charge is 0.490 e. The Labute approximate surface area is 207 Å². The first-order valence-electron chi connectivity index (χ1n) is 9.97. The van der Waals surface area contributed by atoms with E-state index in [1.165, 1.54) is 18.2 Å². The first-order chi connectivity index (χ1) is 16.2. The maximum atomic E-state index is 12.5. The Morgan fingerprint density at radius 1 is 1.24 bits per heavy atom. The Balaban J connectivity index is 1.84. The zero-order valence-electron chi connectivity index (χ0n) is 18.2. The van der Waals surface area contributed by atoms with Crippen LogP contribution < -0.4 is 14.8 Å². The lowest BCUT2D eigenvalue weighted by Crippen LogP contribution is -2.36. The molecule has 0 aromatic heterocycles. The number of urea groups is 1. The van der Waals surface area contributed by atoms with E-state index in [-0.39, 0.29) is 18.0 Å². The van der Waals surface area contributed by atoms with Crippen LogP contribution in [0.15, 0.2) is 42.1 Å². The average molecular weight is 581 g/mol. The second-order valence-electron chi connectivity index (χ2n) is 6.93. The first-order valence-corrected chi connectivity index (χ1v) is 11.0. The third-order valence-electron chi connectivity index (χ3n) is 4.62. The number of carbonyl (C=O) groups excluding carboxylic acids is 3. The van der Waals surface area contributed by atoms with Gasteiger partial charge in [0, 0.05) is 12.1 Å². The Morgan fingerprint density at radius 3 is 2.68 bits per heavy atom. The van der Waals surface area contributed by atoms with Crippen LogP contribution in [0.4, 0.5) is 10.5 Å². The summed E-state index contributed by atoms with van der Waals surface area (Å²) >= 11 is 2.05. The minimum atomic E-state index is -0.724. The number of rotatable bonds is 9. The Bertz CT molecular complexity index is 1180. The molecule has 12 heteroatoms. The van der Waals surface area contributed by atoms with Crippen molar-refractivity contribution in [1.29, 1.82) is 0 Å². The molecule has 0 radical (unpaired) electrons. The SMILES string of the molecule is CCOc1cc(/C=C2/NC(=O)N(CC(=O)OC)C2=O)cc(I)c1OCc1cccc([N+](=O)[O-])c1. The first kappa shape index (κ1) is 25.0. The van der Waals surface area contributed by atoms with Crippen LogP contribution in [0.1, 0.15) is 18.1 Å². The summed E-state index contributed by atoms with van der Waals surface area (Å²) in [7, 11) is 1.16. The predicted molar refractivity (Wildman–Crippen MR) is 128 cm³/mol. The van der Waals surface area contributed by atoms with E-state index in [9.17, 15) is 24.5 Å². The summed E-state index contributed by atoms with van der Waals surface area (Å²) < 4.78 is 16.8. The fourth-order valence-electron chi connectivity index (χ4n) is 3.07. The lowest BCUT2D eigenvalue weighted by atomic mass is 10.1. The van der Waals surface area contributed by atoms with Crippen LogP contribution in [0, 0.1) is 13.7 Å². The fraction of sp³-hybridized carbons (Fsp3) is 0.227. The number of benzene rings is 2. The average Bonchev–Trinajstić information content (AvgIpc) is 3.06. The fourth-order valence-corrected chi connectivity index (χ4v) is 3.85. The second-order valence-corrected chi connectivity index (χ2v) is 8.10. The number of amides is 3. The highest BCUT2D eigenvalue weighted by molar-refractivity contribution is 14.1. The van der Waals surface area contributed by atoms with Crippen molar-refractivity contribution < 1.29 is 33.5 Å². The lowest BCUT2D eigenvalue weighted by Gasteiger charge is -2.15. The van der Waals surface area contributed by atoms with Gasteiger partial charge in [-0.25, -0.2) is 9.69 Å². The van der Waals surface area contributed by atoms with Crippen LogP contribution >= 0.6 is 22.6 Å². The van der Waals surface area contributed by atoms with E-state index in [0.29, 0.717) is 32.8 Å². The molecule has 1 aliphatic heterocycles. The van der Waals surface area contributed by atoms with Gasteiger partial charge in [0.1, 0.15) is 18.8 Å². The molecule has 1 saturated heterocycles. The van der Waals surface area contributed by atoms with Gasteiger partial charge in [0.15, 0.2) is 11.5 Å². The van der Waals surface area contributed by atoms with Crippen LogP contribution in [0.25, 0.3) is 6.08 Å². The number of hydrogen-bond donors (Lipinski definition) is 1. The van der Waals surface area contributed by atoms with Crippen LogP contribution in [-0.2, 0) is 20.9 Å². The Kier molecular flexibility index (Phi) is 8.04. The number of hydrogen-bond acceptors (Lipinski definition) is 8. The normalized spacial score (nSPS) is 14.2. The molecule has 1 aliphatic rings. The van der Waals surface area contributed by atoms with Crippen LogP contribution in [-0.4, -0.2) is 48.0 Å². The number of non-ortho nitro benzene ring substituents is 1. The number of halogens is 1. The maximum Gasteiger partial charge on any atom is 0.329 e. The number of imide groups is 1. The van der Waals surface area contributed by atoms with Gasteiger partial charge in [-0.1, -0.05) is 12.1 Å². The van der Waals surface area contributed by atoms with Gasteiger partial charge in [-0.2, -0.15) is 0 Å². The van der Waals surface area contributed by atoms with E-state index in [1.54, 1.807) is 31.2 Å². The van der Waals surface area contributed by atoms with Gasteiger partial charge in [0.05, 0.1) is 22.2 Å². The summed E-state index contributed by atoms with van der Waals surface area (Å²) in [4.78, 5) is 47.3. The van der Waals surface area contributed by atoms with E-state index < -0.39 is 29.4 Å². The van der Waals surface area contributed by atoms with Crippen molar-refractivity contribution in [1.82, 2.24) is 10.2 Å². The summed E-state index contributed by atoms with van der Waals surface area (Å²) in [6.45, 7) is 1.72. The molecule has 34 heavy (non-hydrogen) atoms. The highest BCUT2D eigenvalue weighted by atomic mass is 127. The quantitative estimate of drug-likeness (QED) is 0.119. The van der Waals surface area contributed by atoms with Gasteiger partial charge in [0.2, 0.25) is 0 Å². The van der Waals surface area contributed by atoms with Gasteiger partial charge in [-0.15, -0.1) is 0 Å². The molecule has 0 saturated carbocycles. The zero-order chi connectivity index (χ0) is 24.8. The monoisotopic (exact) mass is 581 g/mol. The van der Waals surface area contributed by atoms with Crippen molar-refractivity contribution in [3.63, 3.8) is 0 Å². The molecule has 0 spiro atoms. The molecule has 1 N–H and O–H groups in total. The molecule has 2 aromatic carbocycles. The van der Waals surface area contributed by atoms with Gasteiger partial charge in [-0.3, -0.25) is 19.7 Å². The predicted octanol–water partition coefficient (Wildman–Crippen LogP) is 3.24. The highest BCUT2D eigenvalue weighted by Crippen LogP contribution is 2.36. The molecule has 1 heterocycles. The van der Waals surface area contributed by atoms with E-state index >= 15 is 0 Å². The summed E-state index contributed by atoms with van der Waals surface area (Å²) in [6.07, 6.45) is 1.46. The van der Waals surface area contributed by atoms with E-state index in [1.807, 2.05) is 22.6 Å². The number of methoxy groups -OCH3 is 1. The van der Waals surface area contributed by atoms with E-state index in [4.69, 9.17) is 9.47 Å². The molecule has 0 atom stereocenters. The molecule has 178 valence electrons. The summed E-state index contributed by atoms with van der Waals surface area (Å²) in [5.74, 6) is -0.544. The maximum absolute atomic E-state index is 12.5. The molecule has 1 fully saturated rings. The third kappa shape index (κ3) is 5.81. The van der Waals surface area contributed by atoms with Crippen LogP contribution in [0.3, 0.4) is 0 Å². The molecule has 0 aliphatic carbocycles. The summed E-state index contributed by atoms with van der Waals surface area (Å²) in [6, 6.07) is 8.77. The number of nitrogens with zero attached hydrogens (tertiary/aromatic N) is 2. The third-order valence-corrected chi connectivity index (χ3v) is 5.43. The van der Waals surface area contributed by atoms with Crippen LogP contribution in [0.2, 0.25) is 0 Å². The number of ether oxygens (including phenoxy) is 3. The van der Waals surface area contributed by atoms with Crippen molar-refractivity contribution in [2.24, 2.45) is 0 Å². The molecular formula is C22H20IN3O8. The number of nitro groups is 1. The molecule has 0 bridgehead atoms. The zero-order valence-corrected chi connectivity index (χ0v) is 20.4. The molecular weight excluding hydrogens is 561 g/mol. The Morgan fingerprint density at radius 2 is 2.00 bits per heavy atom. The molecule has 3 rings (SSSR count). The van der Waals surface area contributed by atoms with Crippen molar-refractivity contribution in [3.05, 3.63) is 66.9 Å². The number of esters is 1. The molecule has 3 amide bonds.